The summed E-state index contributed by atoms with van der Waals surface area (Å²) in [6.45, 7) is 0. The number of aliphatic hydroxyl groups is 1. The van der Waals surface area contributed by atoms with Crippen molar-refractivity contribution in [3.05, 3.63) is 105 Å². The van der Waals surface area contributed by atoms with Gasteiger partial charge in [-0.05, 0) is 47.5 Å². The zero-order valence-electron chi connectivity index (χ0n) is 17.7. The Hall–Kier alpha value is -3.11. The lowest BCUT2D eigenvalue weighted by Crippen LogP contribution is -2.31. The molecule has 2 aromatic heterocycles. The first-order valence-electron chi connectivity index (χ1n) is 10.2. The van der Waals surface area contributed by atoms with Crippen molar-refractivity contribution >= 4 is 63.1 Å². The van der Waals surface area contributed by atoms with Crippen LogP contribution in [0, 0.1) is 0 Å². The zero-order valence-corrected chi connectivity index (χ0v) is 20.9. The van der Waals surface area contributed by atoms with Crippen LogP contribution in [0.2, 0.25) is 10.0 Å². The van der Waals surface area contributed by atoms with Crippen molar-refractivity contribution in [1.82, 2.24) is 10.2 Å². The van der Waals surface area contributed by atoms with Crippen LogP contribution in [0.5, 0.6) is 0 Å². The van der Waals surface area contributed by atoms with E-state index in [2.05, 4.69) is 10.2 Å². The Morgan fingerprint density at radius 3 is 2.40 bits per heavy atom. The molecule has 7 nitrogen and oxygen atoms in total. The SMILES string of the molecule is O=C(C1=C(O)C(=O)N(c2nnc(SCc3ccc(Cl)cc3)s2)C1c1ccc(Cl)cc1)c1ccco1. The number of benzene rings is 2. The Bertz CT molecular complexity index is 1420. The van der Waals surface area contributed by atoms with Gasteiger partial charge in [-0.3, -0.25) is 14.5 Å². The first-order valence-corrected chi connectivity index (χ1v) is 12.8. The molecule has 3 heterocycles. The van der Waals surface area contributed by atoms with Crippen molar-refractivity contribution in [2.75, 3.05) is 4.90 Å². The predicted octanol–water partition coefficient (Wildman–Crippen LogP) is 6.51. The maximum Gasteiger partial charge on any atom is 0.296 e. The van der Waals surface area contributed by atoms with E-state index in [1.807, 2.05) is 24.3 Å². The van der Waals surface area contributed by atoms with Gasteiger partial charge in [-0.1, -0.05) is 70.6 Å². The van der Waals surface area contributed by atoms with E-state index in [-0.39, 0.29) is 16.5 Å². The molecule has 0 bridgehead atoms. The molecule has 0 radical (unpaired) electrons. The van der Waals surface area contributed by atoms with Gasteiger partial charge >= 0.3 is 0 Å². The molecule has 1 atom stereocenters. The molecule has 176 valence electrons. The summed E-state index contributed by atoms with van der Waals surface area (Å²) in [5.74, 6) is -1.35. The number of thioether (sulfide) groups is 1. The number of amides is 1. The lowest BCUT2D eigenvalue weighted by Gasteiger charge is -2.23. The minimum Gasteiger partial charge on any atom is -0.503 e. The number of anilines is 1. The molecular weight excluding hydrogens is 529 g/mol. The van der Waals surface area contributed by atoms with E-state index >= 15 is 0 Å². The number of carbonyl (C=O) groups is 2. The highest BCUT2D eigenvalue weighted by atomic mass is 35.5. The van der Waals surface area contributed by atoms with E-state index in [4.69, 9.17) is 27.6 Å². The summed E-state index contributed by atoms with van der Waals surface area (Å²) in [5, 5.41) is 20.6. The smallest absolute Gasteiger partial charge is 0.296 e. The summed E-state index contributed by atoms with van der Waals surface area (Å²) in [6, 6.07) is 16.3. The van der Waals surface area contributed by atoms with E-state index < -0.39 is 23.5 Å². The fourth-order valence-corrected chi connectivity index (χ4v) is 5.69. The zero-order chi connectivity index (χ0) is 24.5. The number of rotatable bonds is 7. The highest BCUT2D eigenvalue weighted by Crippen LogP contribution is 2.44. The Balaban J connectivity index is 1.48. The maximum absolute atomic E-state index is 13.2. The molecule has 1 aliphatic rings. The third-order valence-electron chi connectivity index (χ3n) is 5.26. The summed E-state index contributed by atoms with van der Waals surface area (Å²) < 4.78 is 5.87. The van der Waals surface area contributed by atoms with Crippen molar-refractivity contribution < 1.29 is 19.1 Å². The molecule has 35 heavy (non-hydrogen) atoms. The molecule has 2 aromatic carbocycles. The summed E-state index contributed by atoms with van der Waals surface area (Å²) in [4.78, 5) is 27.7. The van der Waals surface area contributed by atoms with E-state index in [9.17, 15) is 14.7 Å². The molecule has 1 amide bonds. The Labute approximate surface area is 218 Å². The molecule has 0 saturated carbocycles. The van der Waals surface area contributed by atoms with E-state index in [1.165, 1.54) is 40.3 Å². The molecule has 1 N–H and O–H groups in total. The van der Waals surface area contributed by atoms with Crippen molar-refractivity contribution in [1.29, 1.82) is 0 Å². The number of aliphatic hydroxyl groups excluding tert-OH is 1. The average molecular weight is 544 g/mol. The van der Waals surface area contributed by atoms with Gasteiger partial charge in [0.2, 0.25) is 10.9 Å². The highest BCUT2D eigenvalue weighted by molar-refractivity contribution is 8.00. The molecule has 11 heteroatoms. The number of furan rings is 1. The molecule has 4 aromatic rings. The van der Waals surface area contributed by atoms with Crippen LogP contribution >= 0.6 is 46.3 Å². The normalized spacial score (nSPS) is 15.8. The van der Waals surface area contributed by atoms with Crippen LogP contribution in [0.4, 0.5) is 5.13 Å². The van der Waals surface area contributed by atoms with E-state index in [1.54, 1.807) is 30.3 Å². The standard InChI is InChI=1S/C24H15Cl2N3O4S2/c25-15-7-3-13(4-8-15)12-34-24-28-27-23(35-24)29-19(14-5-9-16(26)10-6-14)18(21(31)22(29)32)20(30)17-2-1-11-33-17/h1-11,19,31H,12H2. The lowest BCUT2D eigenvalue weighted by atomic mass is 9.95. The summed E-state index contributed by atoms with van der Waals surface area (Å²) in [6.07, 6.45) is 1.35. The molecular formula is C24H15Cl2N3O4S2. The first-order chi connectivity index (χ1) is 16.9. The third-order valence-corrected chi connectivity index (χ3v) is 7.89. The van der Waals surface area contributed by atoms with Gasteiger partial charge in [0, 0.05) is 15.8 Å². The van der Waals surface area contributed by atoms with Gasteiger partial charge < -0.3 is 9.52 Å². The van der Waals surface area contributed by atoms with Crippen molar-refractivity contribution in [3.63, 3.8) is 0 Å². The maximum atomic E-state index is 13.2. The predicted molar refractivity (Wildman–Crippen MR) is 135 cm³/mol. The van der Waals surface area contributed by atoms with Gasteiger partial charge in [0.15, 0.2) is 15.9 Å². The van der Waals surface area contributed by atoms with Gasteiger partial charge in [0.05, 0.1) is 17.9 Å². The van der Waals surface area contributed by atoms with Crippen LogP contribution < -0.4 is 4.90 Å². The molecule has 0 fully saturated rings. The van der Waals surface area contributed by atoms with Crippen molar-refractivity contribution in [2.24, 2.45) is 0 Å². The summed E-state index contributed by atoms with van der Waals surface area (Å²) in [5.41, 5.74) is 1.53. The number of aromatic nitrogens is 2. The second-order valence-electron chi connectivity index (χ2n) is 7.46. The van der Waals surface area contributed by atoms with Crippen LogP contribution in [-0.4, -0.2) is 27.0 Å². The van der Waals surface area contributed by atoms with Crippen molar-refractivity contribution in [3.8, 4) is 0 Å². The minimum atomic E-state index is -0.931. The molecule has 5 rings (SSSR count). The number of nitrogens with zero attached hydrogens (tertiary/aromatic N) is 3. The second kappa shape index (κ2) is 9.87. The first kappa shape index (κ1) is 23.6. The second-order valence-corrected chi connectivity index (χ2v) is 10.5. The van der Waals surface area contributed by atoms with Gasteiger partial charge in [-0.2, -0.15) is 0 Å². The fourth-order valence-electron chi connectivity index (χ4n) is 3.62. The number of halogens is 2. The number of ketones is 1. The van der Waals surface area contributed by atoms with Crippen molar-refractivity contribution in [2.45, 2.75) is 16.1 Å². The Morgan fingerprint density at radius 2 is 1.74 bits per heavy atom. The molecule has 0 saturated heterocycles. The Kier molecular flexibility index (Phi) is 6.66. The van der Waals surface area contributed by atoms with Crippen LogP contribution in [0.15, 0.2) is 87.0 Å². The number of hydrogen-bond donors (Lipinski definition) is 1. The topological polar surface area (TPSA) is 96.5 Å². The van der Waals surface area contributed by atoms with Crippen LogP contribution in [0.1, 0.15) is 27.7 Å². The molecule has 0 aliphatic carbocycles. The number of hydrogen-bond acceptors (Lipinski definition) is 8. The van der Waals surface area contributed by atoms with Crippen LogP contribution in [0.3, 0.4) is 0 Å². The average Bonchev–Trinajstić information content (AvgIpc) is 3.60. The fraction of sp³-hybridized carbons (Fsp3) is 0.0833. The monoisotopic (exact) mass is 543 g/mol. The number of Topliss-reactive ketones (excluding diaryl/α,β-unsaturated/α-hetero) is 1. The highest BCUT2D eigenvalue weighted by Gasteiger charge is 2.46. The lowest BCUT2D eigenvalue weighted by molar-refractivity contribution is -0.117. The van der Waals surface area contributed by atoms with Gasteiger partial charge in [0.25, 0.3) is 5.91 Å². The minimum absolute atomic E-state index is 0.0108. The van der Waals surface area contributed by atoms with E-state index in [0.717, 1.165) is 5.56 Å². The Morgan fingerprint density at radius 1 is 1.06 bits per heavy atom. The van der Waals surface area contributed by atoms with Gasteiger partial charge in [0.1, 0.15) is 0 Å². The molecule has 1 unspecified atom stereocenters. The van der Waals surface area contributed by atoms with Crippen LogP contribution in [0.25, 0.3) is 0 Å². The molecule has 0 spiro atoms. The summed E-state index contributed by atoms with van der Waals surface area (Å²) in [7, 11) is 0. The summed E-state index contributed by atoms with van der Waals surface area (Å²) >= 11 is 14.6. The number of carbonyl (C=O) groups excluding carboxylic acids is 2. The van der Waals surface area contributed by atoms with E-state index in [0.29, 0.717) is 25.7 Å². The molecule has 1 aliphatic heterocycles. The van der Waals surface area contributed by atoms with Crippen LogP contribution in [-0.2, 0) is 10.5 Å². The van der Waals surface area contributed by atoms with Gasteiger partial charge in [-0.25, -0.2) is 0 Å². The van der Waals surface area contributed by atoms with Gasteiger partial charge in [-0.15, -0.1) is 10.2 Å². The largest absolute Gasteiger partial charge is 0.503 e. The quantitative estimate of drug-likeness (QED) is 0.161. The third kappa shape index (κ3) is 4.72.